The fourth-order valence-electron chi connectivity index (χ4n) is 1.90. The van der Waals surface area contributed by atoms with E-state index in [-0.39, 0.29) is 11.9 Å². The third kappa shape index (κ3) is 3.63. The van der Waals surface area contributed by atoms with E-state index in [1.54, 1.807) is 6.07 Å². The lowest BCUT2D eigenvalue weighted by atomic mass is 9.92. The standard InChI is InChI=1S/C13H19FO/c1-3-11(4-2)13(15)9-10-6-5-7-12(14)8-10/h5-8,11,13,15H,3-4,9H2,1-2H3. The molecule has 84 valence electrons. The summed E-state index contributed by atoms with van der Waals surface area (Å²) in [4.78, 5) is 0. The predicted molar refractivity (Wildman–Crippen MR) is 60.2 cm³/mol. The average Bonchev–Trinajstić information content (AvgIpc) is 2.19. The summed E-state index contributed by atoms with van der Waals surface area (Å²) in [5, 5.41) is 9.93. The zero-order valence-corrected chi connectivity index (χ0v) is 9.41. The van der Waals surface area contributed by atoms with Gasteiger partial charge >= 0.3 is 0 Å². The monoisotopic (exact) mass is 210 g/mol. The van der Waals surface area contributed by atoms with E-state index in [0.29, 0.717) is 12.3 Å². The minimum Gasteiger partial charge on any atom is -0.392 e. The second-order valence-corrected chi connectivity index (χ2v) is 3.98. The van der Waals surface area contributed by atoms with Crippen molar-refractivity contribution in [2.24, 2.45) is 5.92 Å². The van der Waals surface area contributed by atoms with Crippen molar-refractivity contribution < 1.29 is 9.50 Å². The number of hydrogen-bond donors (Lipinski definition) is 1. The first-order chi connectivity index (χ1) is 7.17. The van der Waals surface area contributed by atoms with Gasteiger partial charge in [0.2, 0.25) is 0 Å². The Balaban J connectivity index is 2.61. The summed E-state index contributed by atoms with van der Waals surface area (Å²) in [5.41, 5.74) is 0.870. The number of rotatable bonds is 5. The quantitative estimate of drug-likeness (QED) is 0.791. The molecule has 0 saturated carbocycles. The minimum atomic E-state index is -0.359. The van der Waals surface area contributed by atoms with Gasteiger partial charge in [0.05, 0.1) is 6.10 Å². The summed E-state index contributed by atoms with van der Waals surface area (Å²) < 4.78 is 12.9. The van der Waals surface area contributed by atoms with Crippen LogP contribution in [-0.4, -0.2) is 11.2 Å². The Bertz CT molecular complexity index is 294. The van der Waals surface area contributed by atoms with Gasteiger partial charge in [-0.3, -0.25) is 0 Å². The van der Waals surface area contributed by atoms with E-state index in [1.807, 2.05) is 6.07 Å². The van der Waals surface area contributed by atoms with Gasteiger partial charge in [-0.2, -0.15) is 0 Å². The highest BCUT2D eigenvalue weighted by molar-refractivity contribution is 5.17. The average molecular weight is 210 g/mol. The zero-order valence-electron chi connectivity index (χ0n) is 9.41. The molecule has 0 aromatic heterocycles. The molecule has 1 nitrogen and oxygen atoms in total. The van der Waals surface area contributed by atoms with Gasteiger partial charge in [-0.05, 0) is 30.0 Å². The highest BCUT2D eigenvalue weighted by Crippen LogP contribution is 2.17. The van der Waals surface area contributed by atoms with Crippen molar-refractivity contribution in [1.29, 1.82) is 0 Å². The van der Waals surface area contributed by atoms with E-state index < -0.39 is 0 Å². The lowest BCUT2D eigenvalue weighted by Gasteiger charge is -2.19. The van der Waals surface area contributed by atoms with Crippen LogP contribution in [0, 0.1) is 11.7 Å². The third-order valence-corrected chi connectivity index (χ3v) is 2.93. The van der Waals surface area contributed by atoms with Gasteiger partial charge in [0.1, 0.15) is 5.82 Å². The molecule has 15 heavy (non-hydrogen) atoms. The fourth-order valence-corrected chi connectivity index (χ4v) is 1.90. The molecule has 1 aromatic carbocycles. The van der Waals surface area contributed by atoms with Crippen molar-refractivity contribution in [2.75, 3.05) is 0 Å². The zero-order chi connectivity index (χ0) is 11.3. The van der Waals surface area contributed by atoms with Crippen LogP contribution in [-0.2, 0) is 6.42 Å². The second kappa shape index (κ2) is 5.86. The van der Waals surface area contributed by atoms with Gasteiger partial charge in [-0.1, -0.05) is 38.8 Å². The summed E-state index contributed by atoms with van der Waals surface area (Å²) in [5.74, 6) is 0.0810. The molecule has 0 aliphatic heterocycles. The van der Waals surface area contributed by atoms with Gasteiger partial charge < -0.3 is 5.11 Å². The van der Waals surface area contributed by atoms with Crippen LogP contribution in [0.1, 0.15) is 32.3 Å². The maximum atomic E-state index is 12.9. The van der Waals surface area contributed by atoms with E-state index >= 15 is 0 Å². The van der Waals surface area contributed by atoms with Gasteiger partial charge in [0, 0.05) is 0 Å². The molecular weight excluding hydrogens is 191 g/mol. The molecule has 0 radical (unpaired) electrons. The van der Waals surface area contributed by atoms with Crippen LogP contribution in [0.15, 0.2) is 24.3 Å². The van der Waals surface area contributed by atoms with Gasteiger partial charge in [0.15, 0.2) is 0 Å². The molecule has 2 heteroatoms. The molecule has 1 atom stereocenters. The van der Waals surface area contributed by atoms with Crippen LogP contribution in [0.3, 0.4) is 0 Å². The first-order valence-corrected chi connectivity index (χ1v) is 5.59. The molecule has 0 heterocycles. The van der Waals surface area contributed by atoms with Gasteiger partial charge in [-0.25, -0.2) is 4.39 Å². The number of aliphatic hydroxyl groups excluding tert-OH is 1. The second-order valence-electron chi connectivity index (χ2n) is 3.98. The first kappa shape index (κ1) is 12.2. The Labute approximate surface area is 90.9 Å². The Morgan fingerprint density at radius 2 is 1.93 bits per heavy atom. The molecule has 1 rings (SSSR count). The van der Waals surface area contributed by atoms with Crippen LogP contribution < -0.4 is 0 Å². The highest BCUT2D eigenvalue weighted by Gasteiger charge is 2.15. The van der Waals surface area contributed by atoms with E-state index in [4.69, 9.17) is 0 Å². The van der Waals surface area contributed by atoms with Crippen molar-refractivity contribution in [1.82, 2.24) is 0 Å². The Kier molecular flexibility index (Phi) is 4.76. The molecule has 0 bridgehead atoms. The van der Waals surface area contributed by atoms with Crippen LogP contribution in [0.5, 0.6) is 0 Å². The fraction of sp³-hybridized carbons (Fsp3) is 0.538. The number of benzene rings is 1. The van der Waals surface area contributed by atoms with Crippen LogP contribution in [0.25, 0.3) is 0 Å². The molecule has 0 saturated heterocycles. The predicted octanol–water partition coefficient (Wildman–Crippen LogP) is 3.17. The van der Waals surface area contributed by atoms with Crippen molar-refractivity contribution in [3.63, 3.8) is 0 Å². The summed E-state index contributed by atoms with van der Waals surface area (Å²) in [6, 6.07) is 6.46. The third-order valence-electron chi connectivity index (χ3n) is 2.93. The summed E-state index contributed by atoms with van der Waals surface area (Å²) in [6.45, 7) is 4.14. The van der Waals surface area contributed by atoms with Gasteiger partial charge in [0.25, 0.3) is 0 Å². The molecular formula is C13H19FO. The normalized spacial score (nSPS) is 13.1. The number of halogens is 1. The minimum absolute atomic E-state index is 0.232. The van der Waals surface area contributed by atoms with Gasteiger partial charge in [-0.15, -0.1) is 0 Å². The molecule has 0 fully saturated rings. The summed E-state index contributed by atoms with van der Waals surface area (Å²) >= 11 is 0. The molecule has 1 aromatic rings. The van der Waals surface area contributed by atoms with Crippen molar-refractivity contribution in [3.05, 3.63) is 35.6 Å². The SMILES string of the molecule is CCC(CC)C(O)Cc1cccc(F)c1. The van der Waals surface area contributed by atoms with Crippen LogP contribution in [0.4, 0.5) is 4.39 Å². The van der Waals surface area contributed by atoms with Crippen molar-refractivity contribution in [3.8, 4) is 0 Å². The van der Waals surface area contributed by atoms with Crippen molar-refractivity contribution >= 4 is 0 Å². The highest BCUT2D eigenvalue weighted by atomic mass is 19.1. The number of hydrogen-bond acceptors (Lipinski definition) is 1. The molecule has 0 spiro atoms. The van der Waals surface area contributed by atoms with Crippen LogP contribution in [0.2, 0.25) is 0 Å². The Morgan fingerprint density at radius 1 is 1.27 bits per heavy atom. The number of aliphatic hydroxyl groups is 1. The topological polar surface area (TPSA) is 20.2 Å². The largest absolute Gasteiger partial charge is 0.392 e. The maximum Gasteiger partial charge on any atom is 0.123 e. The Hall–Kier alpha value is -0.890. The van der Waals surface area contributed by atoms with Crippen molar-refractivity contribution in [2.45, 2.75) is 39.2 Å². The lowest BCUT2D eigenvalue weighted by molar-refractivity contribution is 0.103. The lowest BCUT2D eigenvalue weighted by Crippen LogP contribution is -2.21. The molecule has 1 unspecified atom stereocenters. The molecule has 0 amide bonds. The molecule has 1 N–H and O–H groups in total. The summed E-state index contributed by atoms with van der Waals surface area (Å²) in [6.07, 6.45) is 2.12. The van der Waals surface area contributed by atoms with E-state index in [1.165, 1.54) is 12.1 Å². The summed E-state index contributed by atoms with van der Waals surface area (Å²) in [7, 11) is 0. The Morgan fingerprint density at radius 3 is 2.47 bits per heavy atom. The van der Waals surface area contributed by atoms with E-state index in [9.17, 15) is 9.50 Å². The maximum absolute atomic E-state index is 12.9. The van der Waals surface area contributed by atoms with E-state index in [2.05, 4.69) is 13.8 Å². The molecule has 0 aliphatic carbocycles. The van der Waals surface area contributed by atoms with E-state index in [0.717, 1.165) is 18.4 Å². The molecule has 0 aliphatic rings. The smallest absolute Gasteiger partial charge is 0.123 e. The first-order valence-electron chi connectivity index (χ1n) is 5.59. The van der Waals surface area contributed by atoms with Crippen LogP contribution >= 0.6 is 0 Å².